The van der Waals surface area contributed by atoms with Crippen molar-refractivity contribution in [2.75, 3.05) is 20.3 Å². The van der Waals surface area contributed by atoms with Crippen LogP contribution in [0.1, 0.15) is 92.5 Å². The van der Waals surface area contributed by atoms with Crippen molar-refractivity contribution in [3.05, 3.63) is 35.4 Å². The molecule has 0 radical (unpaired) electrons. The molecule has 1 aromatic carbocycles. The number of rotatable bonds is 5. The van der Waals surface area contributed by atoms with Gasteiger partial charge in [0.05, 0.1) is 18.1 Å². The molecule has 164 valence electrons. The van der Waals surface area contributed by atoms with Crippen LogP contribution in [0.25, 0.3) is 0 Å². The molecule has 2 amide bonds. The van der Waals surface area contributed by atoms with Crippen LogP contribution in [0.3, 0.4) is 0 Å². The van der Waals surface area contributed by atoms with Gasteiger partial charge >= 0.3 is 0 Å². The van der Waals surface area contributed by atoms with Gasteiger partial charge in [0.1, 0.15) is 0 Å². The lowest BCUT2D eigenvalue weighted by atomic mass is 9.65. The molecule has 1 aromatic rings. The highest BCUT2D eigenvalue weighted by Gasteiger charge is 2.54. The van der Waals surface area contributed by atoms with Gasteiger partial charge in [0.25, 0.3) is 5.91 Å². The highest BCUT2D eigenvalue weighted by atomic mass is 16.5. The minimum absolute atomic E-state index is 0.0584. The summed E-state index contributed by atoms with van der Waals surface area (Å²) in [5.41, 5.74) is 1.17. The van der Waals surface area contributed by atoms with Gasteiger partial charge < -0.3 is 15.0 Å². The van der Waals surface area contributed by atoms with Crippen LogP contribution in [0.15, 0.2) is 24.3 Å². The first kappa shape index (κ1) is 21.4. The third-order valence-electron chi connectivity index (χ3n) is 7.52. The molecular formula is C25H36N2O3. The quantitative estimate of drug-likeness (QED) is 0.729. The topological polar surface area (TPSA) is 58.6 Å². The van der Waals surface area contributed by atoms with Crippen LogP contribution in [0.2, 0.25) is 0 Å². The average molecular weight is 413 g/mol. The van der Waals surface area contributed by atoms with Crippen molar-refractivity contribution in [3.63, 3.8) is 0 Å². The lowest BCUT2D eigenvalue weighted by Crippen LogP contribution is -2.63. The minimum Gasteiger partial charge on any atom is -0.383 e. The summed E-state index contributed by atoms with van der Waals surface area (Å²) in [4.78, 5) is 29.4. The number of benzene rings is 1. The first-order chi connectivity index (χ1) is 14.7. The number of hydrogen-bond donors (Lipinski definition) is 1. The van der Waals surface area contributed by atoms with Crippen molar-refractivity contribution in [1.82, 2.24) is 10.2 Å². The molecule has 2 saturated carbocycles. The van der Waals surface area contributed by atoms with Crippen LogP contribution in [-0.2, 0) is 9.53 Å². The lowest BCUT2D eigenvalue weighted by Gasteiger charge is -2.54. The summed E-state index contributed by atoms with van der Waals surface area (Å²) in [7, 11) is 1.67. The highest BCUT2D eigenvalue weighted by molar-refractivity contribution is 6.02. The Hall–Kier alpha value is -1.88. The molecule has 2 fully saturated rings. The number of methoxy groups -OCH3 is 1. The van der Waals surface area contributed by atoms with Gasteiger partial charge in [-0.15, -0.1) is 0 Å². The maximum atomic E-state index is 13.9. The van der Waals surface area contributed by atoms with Crippen molar-refractivity contribution in [2.24, 2.45) is 0 Å². The molecule has 1 spiro atoms. The van der Waals surface area contributed by atoms with Crippen molar-refractivity contribution in [3.8, 4) is 0 Å². The third-order valence-corrected chi connectivity index (χ3v) is 7.52. The minimum atomic E-state index is -0.434. The Labute approximate surface area is 180 Å². The van der Waals surface area contributed by atoms with E-state index in [9.17, 15) is 9.59 Å². The van der Waals surface area contributed by atoms with Crippen LogP contribution < -0.4 is 5.32 Å². The van der Waals surface area contributed by atoms with Gasteiger partial charge in [-0.1, -0.05) is 63.1 Å². The van der Waals surface area contributed by atoms with E-state index in [1.165, 1.54) is 32.1 Å². The summed E-state index contributed by atoms with van der Waals surface area (Å²) in [6.07, 6.45) is 12.1. The standard InChI is InChI=1S/C25H36N2O3/c1-30-18-17-27-24(29)21-14-8-7-13-20(21)22(25(27)15-9-4-10-16-25)23(28)26-19-11-5-2-3-6-12-19/h7-8,13-14,19,22H,2-6,9-12,15-18H2,1H3,(H,26,28)/t22-/m0/s1. The van der Waals surface area contributed by atoms with E-state index in [0.29, 0.717) is 18.7 Å². The smallest absolute Gasteiger partial charge is 0.254 e. The molecule has 1 heterocycles. The van der Waals surface area contributed by atoms with Gasteiger partial charge in [0, 0.05) is 25.3 Å². The summed E-state index contributed by atoms with van der Waals surface area (Å²) >= 11 is 0. The van der Waals surface area contributed by atoms with Crippen LogP contribution >= 0.6 is 0 Å². The Morgan fingerprint density at radius 3 is 2.43 bits per heavy atom. The van der Waals surface area contributed by atoms with Crippen molar-refractivity contribution in [1.29, 1.82) is 0 Å². The Morgan fingerprint density at radius 1 is 1.07 bits per heavy atom. The van der Waals surface area contributed by atoms with E-state index in [4.69, 9.17) is 4.74 Å². The van der Waals surface area contributed by atoms with Crippen LogP contribution in [0.4, 0.5) is 0 Å². The monoisotopic (exact) mass is 412 g/mol. The number of nitrogens with zero attached hydrogens (tertiary/aromatic N) is 1. The van der Waals surface area contributed by atoms with Gasteiger partial charge in [-0.3, -0.25) is 9.59 Å². The normalized spacial score (nSPS) is 24.4. The Kier molecular flexibility index (Phi) is 6.77. The second-order valence-corrected chi connectivity index (χ2v) is 9.33. The molecule has 4 rings (SSSR count). The molecule has 30 heavy (non-hydrogen) atoms. The fourth-order valence-corrected chi connectivity index (χ4v) is 6.06. The fraction of sp³-hybridized carbons (Fsp3) is 0.680. The van der Waals surface area contributed by atoms with Crippen molar-refractivity contribution < 1.29 is 14.3 Å². The molecule has 2 aliphatic carbocycles. The average Bonchev–Trinajstić information content (AvgIpc) is 3.03. The Bertz CT molecular complexity index is 749. The summed E-state index contributed by atoms with van der Waals surface area (Å²) in [6, 6.07) is 8.04. The van der Waals surface area contributed by atoms with Gasteiger partial charge in [-0.2, -0.15) is 0 Å². The van der Waals surface area contributed by atoms with E-state index >= 15 is 0 Å². The maximum Gasteiger partial charge on any atom is 0.254 e. The van der Waals surface area contributed by atoms with Gasteiger partial charge in [0.2, 0.25) is 5.91 Å². The Balaban J connectivity index is 1.72. The summed E-state index contributed by atoms with van der Waals surface area (Å²) in [5, 5.41) is 3.42. The van der Waals surface area contributed by atoms with Gasteiger partial charge in [-0.05, 0) is 37.3 Å². The molecule has 1 aliphatic heterocycles. The van der Waals surface area contributed by atoms with E-state index < -0.39 is 5.54 Å². The summed E-state index contributed by atoms with van der Waals surface area (Å²) < 4.78 is 5.35. The van der Waals surface area contributed by atoms with E-state index in [0.717, 1.165) is 44.1 Å². The van der Waals surface area contributed by atoms with E-state index in [2.05, 4.69) is 5.32 Å². The van der Waals surface area contributed by atoms with Crippen LogP contribution in [0.5, 0.6) is 0 Å². The molecule has 1 atom stereocenters. The zero-order valence-corrected chi connectivity index (χ0v) is 18.3. The third kappa shape index (κ3) is 4.01. The van der Waals surface area contributed by atoms with E-state index in [1.807, 2.05) is 29.2 Å². The summed E-state index contributed by atoms with van der Waals surface area (Å²) in [6.45, 7) is 1.03. The van der Waals surface area contributed by atoms with Crippen molar-refractivity contribution >= 4 is 11.8 Å². The molecule has 0 saturated heterocycles. The van der Waals surface area contributed by atoms with E-state index in [-0.39, 0.29) is 23.8 Å². The molecule has 0 unspecified atom stereocenters. The van der Waals surface area contributed by atoms with Gasteiger partial charge in [0.15, 0.2) is 0 Å². The molecule has 5 nitrogen and oxygen atoms in total. The van der Waals surface area contributed by atoms with Crippen LogP contribution in [0, 0.1) is 0 Å². The number of amides is 2. The van der Waals surface area contributed by atoms with Crippen molar-refractivity contribution in [2.45, 2.75) is 88.1 Å². The lowest BCUT2D eigenvalue weighted by molar-refractivity contribution is -0.128. The Morgan fingerprint density at radius 2 is 1.73 bits per heavy atom. The number of hydrogen-bond acceptors (Lipinski definition) is 3. The predicted molar refractivity (Wildman–Crippen MR) is 118 cm³/mol. The second-order valence-electron chi connectivity index (χ2n) is 9.33. The molecule has 0 bridgehead atoms. The number of fused-ring (bicyclic) bond motifs is 1. The number of ether oxygens (including phenoxy) is 1. The SMILES string of the molecule is COCCN1C(=O)c2ccccc2[C@@H](C(=O)NC2CCCCCC2)C12CCCCC2. The largest absolute Gasteiger partial charge is 0.383 e. The van der Waals surface area contributed by atoms with E-state index in [1.54, 1.807) is 7.11 Å². The summed E-state index contributed by atoms with van der Waals surface area (Å²) in [5.74, 6) is -0.124. The molecule has 3 aliphatic rings. The number of nitrogens with one attached hydrogen (secondary N) is 1. The zero-order chi connectivity index (χ0) is 21.0. The molecule has 1 N–H and O–H groups in total. The van der Waals surface area contributed by atoms with Crippen LogP contribution in [-0.4, -0.2) is 48.6 Å². The van der Waals surface area contributed by atoms with Gasteiger partial charge in [-0.25, -0.2) is 0 Å². The maximum absolute atomic E-state index is 13.9. The number of carbonyl (C=O) groups excluding carboxylic acids is 2. The second kappa shape index (κ2) is 9.51. The number of carbonyl (C=O) groups is 2. The predicted octanol–water partition coefficient (Wildman–Crippen LogP) is 4.41. The first-order valence-corrected chi connectivity index (χ1v) is 11.9. The fourth-order valence-electron chi connectivity index (χ4n) is 6.06. The molecular weight excluding hydrogens is 376 g/mol. The highest BCUT2D eigenvalue weighted by Crippen LogP contribution is 2.49. The molecule has 0 aromatic heterocycles. The first-order valence-electron chi connectivity index (χ1n) is 11.9. The molecule has 5 heteroatoms. The zero-order valence-electron chi connectivity index (χ0n) is 18.3.